The largest absolute Gasteiger partial charge is 0.350 e. The van der Waals surface area contributed by atoms with E-state index in [0.29, 0.717) is 23.2 Å². The molecular weight excluding hydrogens is 324 g/mol. The van der Waals surface area contributed by atoms with Crippen LogP contribution >= 0.6 is 11.6 Å². The molecule has 24 heavy (non-hydrogen) atoms. The van der Waals surface area contributed by atoms with Crippen molar-refractivity contribution in [1.29, 1.82) is 0 Å². The fourth-order valence-corrected chi connectivity index (χ4v) is 2.47. The number of benzene rings is 1. The summed E-state index contributed by atoms with van der Waals surface area (Å²) in [5.74, 6) is 0.385. The van der Waals surface area contributed by atoms with Crippen molar-refractivity contribution >= 4 is 23.5 Å². The van der Waals surface area contributed by atoms with E-state index in [1.807, 2.05) is 36.2 Å². The molecule has 0 unspecified atom stereocenters. The maximum atomic E-state index is 12.2. The lowest BCUT2D eigenvalue weighted by molar-refractivity contribution is 0.0949. The van der Waals surface area contributed by atoms with E-state index in [2.05, 4.69) is 22.2 Å². The number of halogens is 1. The number of carbonyl (C=O) groups is 1. The summed E-state index contributed by atoms with van der Waals surface area (Å²) < 4.78 is 0. The van der Waals surface area contributed by atoms with Crippen LogP contribution in [0.25, 0.3) is 0 Å². The summed E-state index contributed by atoms with van der Waals surface area (Å²) in [6.45, 7) is 3.54. The number of rotatable bonds is 8. The van der Waals surface area contributed by atoms with E-state index >= 15 is 0 Å². The molecule has 6 heteroatoms. The third kappa shape index (κ3) is 5.49. The Morgan fingerprint density at radius 3 is 2.92 bits per heavy atom. The molecule has 0 saturated heterocycles. The summed E-state index contributed by atoms with van der Waals surface area (Å²) in [5.41, 5.74) is 1.47. The second-order valence-corrected chi connectivity index (χ2v) is 6.09. The highest BCUT2D eigenvalue weighted by Crippen LogP contribution is 2.11. The molecule has 0 aliphatic heterocycles. The van der Waals surface area contributed by atoms with Crippen LogP contribution in [0.1, 0.15) is 35.8 Å². The number of anilines is 1. The lowest BCUT2D eigenvalue weighted by Crippen LogP contribution is -2.28. The first-order valence-corrected chi connectivity index (χ1v) is 8.54. The van der Waals surface area contributed by atoms with Gasteiger partial charge in [-0.05, 0) is 36.6 Å². The maximum absolute atomic E-state index is 12.2. The third-order valence-corrected chi connectivity index (χ3v) is 3.89. The molecule has 0 spiro atoms. The Hall–Kier alpha value is -2.14. The van der Waals surface area contributed by atoms with Crippen molar-refractivity contribution in [2.45, 2.75) is 26.2 Å². The molecule has 0 bridgehead atoms. The molecule has 0 atom stereocenters. The van der Waals surface area contributed by atoms with Gasteiger partial charge in [-0.2, -0.15) is 0 Å². The van der Waals surface area contributed by atoms with Crippen molar-refractivity contribution in [2.24, 2.45) is 0 Å². The summed E-state index contributed by atoms with van der Waals surface area (Å²) in [6.07, 6.45) is 4.52. The molecule has 0 radical (unpaired) electrons. The minimum absolute atomic E-state index is 0.190. The summed E-state index contributed by atoms with van der Waals surface area (Å²) in [6, 6.07) is 9.26. The first-order chi connectivity index (χ1) is 11.6. The van der Waals surface area contributed by atoms with Crippen molar-refractivity contribution in [3.8, 4) is 0 Å². The van der Waals surface area contributed by atoms with Gasteiger partial charge in [-0.3, -0.25) is 4.79 Å². The second-order valence-electron chi connectivity index (χ2n) is 5.65. The van der Waals surface area contributed by atoms with Gasteiger partial charge in [0.2, 0.25) is 5.95 Å². The van der Waals surface area contributed by atoms with Crippen LogP contribution in [-0.2, 0) is 6.42 Å². The fourth-order valence-electron chi connectivity index (χ4n) is 2.26. The molecule has 0 fully saturated rings. The molecule has 1 aromatic heterocycles. The van der Waals surface area contributed by atoms with Gasteiger partial charge in [-0.1, -0.05) is 37.1 Å². The lowest BCUT2D eigenvalue weighted by Gasteiger charge is -2.16. The number of unbranched alkanes of at least 4 members (excludes halogenated alkanes) is 1. The molecule has 0 saturated carbocycles. The SMILES string of the molecule is CCCCN(C)c1nccc(C(=O)NCCc2cccc(Cl)c2)n1. The van der Waals surface area contributed by atoms with E-state index < -0.39 is 0 Å². The number of hydrogen-bond acceptors (Lipinski definition) is 4. The first kappa shape index (κ1) is 18.2. The zero-order chi connectivity index (χ0) is 17.4. The summed E-state index contributed by atoms with van der Waals surface area (Å²) in [4.78, 5) is 22.8. The average Bonchev–Trinajstić information content (AvgIpc) is 2.59. The number of carbonyl (C=O) groups excluding carboxylic acids is 1. The molecule has 1 amide bonds. The Balaban J connectivity index is 1.90. The van der Waals surface area contributed by atoms with Crippen LogP contribution in [0.4, 0.5) is 5.95 Å². The summed E-state index contributed by atoms with van der Waals surface area (Å²) in [7, 11) is 1.94. The normalized spacial score (nSPS) is 10.5. The average molecular weight is 347 g/mol. The molecule has 1 aromatic carbocycles. The smallest absolute Gasteiger partial charge is 0.270 e. The second kappa shape index (κ2) is 9.23. The Bertz CT molecular complexity index is 678. The minimum atomic E-state index is -0.190. The highest BCUT2D eigenvalue weighted by Gasteiger charge is 2.10. The van der Waals surface area contributed by atoms with Gasteiger partial charge in [-0.25, -0.2) is 9.97 Å². The van der Waals surface area contributed by atoms with Crippen LogP contribution in [-0.4, -0.2) is 36.0 Å². The topological polar surface area (TPSA) is 58.1 Å². The Kier molecular flexibility index (Phi) is 7.00. The van der Waals surface area contributed by atoms with Crippen molar-refractivity contribution in [1.82, 2.24) is 15.3 Å². The Morgan fingerprint density at radius 1 is 1.33 bits per heavy atom. The van der Waals surface area contributed by atoms with E-state index in [9.17, 15) is 4.79 Å². The van der Waals surface area contributed by atoms with Crippen molar-refractivity contribution < 1.29 is 4.79 Å². The van der Waals surface area contributed by atoms with E-state index in [1.165, 1.54) is 0 Å². The van der Waals surface area contributed by atoms with Crippen LogP contribution in [0.3, 0.4) is 0 Å². The number of amides is 1. The van der Waals surface area contributed by atoms with Gasteiger partial charge in [-0.15, -0.1) is 0 Å². The van der Waals surface area contributed by atoms with Crippen LogP contribution in [0, 0.1) is 0 Å². The molecule has 1 heterocycles. The molecule has 128 valence electrons. The van der Waals surface area contributed by atoms with E-state index in [1.54, 1.807) is 12.3 Å². The Morgan fingerprint density at radius 2 is 2.17 bits per heavy atom. The molecule has 5 nitrogen and oxygen atoms in total. The van der Waals surface area contributed by atoms with E-state index in [4.69, 9.17) is 11.6 Å². The zero-order valence-electron chi connectivity index (χ0n) is 14.1. The molecule has 2 rings (SSSR count). The van der Waals surface area contributed by atoms with Gasteiger partial charge in [0.15, 0.2) is 0 Å². The van der Waals surface area contributed by atoms with Gasteiger partial charge in [0.05, 0.1) is 0 Å². The lowest BCUT2D eigenvalue weighted by atomic mass is 10.1. The number of nitrogens with one attached hydrogen (secondary N) is 1. The van der Waals surface area contributed by atoms with Crippen LogP contribution in [0.15, 0.2) is 36.5 Å². The zero-order valence-corrected chi connectivity index (χ0v) is 14.9. The predicted octanol–water partition coefficient (Wildman–Crippen LogP) is 3.34. The quantitative estimate of drug-likeness (QED) is 0.796. The van der Waals surface area contributed by atoms with E-state index in [0.717, 1.165) is 31.4 Å². The first-order valence-electron chi connectivity index (χ1n) is 8.17. The molecular formula is C18H23ClN4O. The van der Waals surface area contributed by atoms with Crippen molar-refractivity contribution in [3.05, 3.63) is 52.8 Å². The van der Waals surface area contributed by atoms with Gasteiger partial charge in [0.25, 0.3) is 5.91 Å². The minimum Gasteiger partial charge on any atom is -0.350 e. The van der Waals surface area contributed by atoms with Crippen LogP contribution in [0.5, 0.6) is 0 Å². The van der Waals surface area contributed by atoms with Gasteiger partial charge >= 0.3 is 0 Å². The number of aromatic nitrogens is 2. The molecule has 1 N–H and O–H groups in total. The van der Waals surface area contributed by atoms with Crippen molar-refractivity contribution in [3.63, 3.8) is 0 Å². The summed E-state index contributed by atoms with van der Waals surface area (Å²) >= 11 is 5.96. The van der Waals surface area contributed by atoms with Gasteiger partial charge in [0, 0.05) is 31.4 Å². The van der Waals surface area contributed by atoms with Crippen LogP contribution < -0.4 is 10.2 Å². The molecule has 2 aromatic rings. The highest BCUT2D eigenvalue weighted by atomic mass is 35.5. The third-order valence-electron chi connectivity index (χ3n) is 3.65. The highest BCUT2D eigenvalue weighted by molar-refractivity contribution is 6.30. The van der Waals surface area contributed by atoms with Gasteiger partial charge < -0.3 is 10.2 Å². The predicted molar refractivity (Wildman–Crippen MR) is 97.7 cm³/mol. The van der Waals surface area contributed by atoms with E-state index in [-0.39, 0.29) is 5.91 Å². The standard InChI is InChI=1S/C18H23ClN4O/c1-3-4-12-23(2)18-21-11-9-16(22-18)17(24)20-10-8-14-6-5-7-15(19)13-14/h5-7,9,11,13H,3-4,8,10,12H2,1-2H3,(H,20,24). The van der Waals surface area contributed by atoms with Gasteiger partial charge in [0.1, 0.15) is 5.69 Å². The monoisotopic (exact) mass is 346 g/mol. The Labute approximate surface area is 148 Å². The maximum Gasteiger partial charge on any atom is 0.270 e. The molecule has 0 aliphatic rings. The summed E-state index contributed by atoms with van der Waals surface area (Å²) in [5, 5.41) is 3.59. The number of hydrogen-bond donors (Lipinski definition) is 1. The number of nitrogens with zero attached hydrogens (tertiary/aromatic N) is 3. The fraction of sp³-hybridized carbons (Fsp3) is 0.389. The van der Waals surface area contributed by atoms with Crippen molar-refractivity contribution in [2.75, 3.05) is 25.0 Å². The molecule has 0 aliphatic carbocycles. The van der Waals surface area contributed by atoms with Crippen LogP contribution in [0.2, 0.25) is 5.02 Å².